The lowest BCUT2D eigenvalue weighted by atomic mass is 10.1. The number of carbonyl (C=O) groups excluding carboxylic acids is 2. The average Bonchev–Trinajstić information content (AvgIpc) is 3.30. The van der Waals surface area contributed by atoms with Gasteiger partial charge in [0.2, 0.25) is 5.91 Å². The number of halogens is 1. The van der Waals surface area contributed by atoms with E-state index in [-0.39, 0.29) is 23.4 Å². The molecular formula is C28H24FN5O2S. The van der Waals surface area contributed by atoms with Crippen molar-refractivity contribution in [2.75, 3.05) is 36.8 Å². The highest BCUT2D eigenvalue weighted by molar-refractivity contribution is 8.14. The van der Waals surface area contributed by atoms with Crippen LogP contribution in [0.1, 0.15) is 17.2 Å². The monoisotopic (exact) mass is 513 g/mol. The van der Waals surface area contributed by atoms with Crippen LogP contribution < -0.4 is 4.90 Å². The number of amidine groups is 2. The Hall–Kier alpha value is -3.98. The second kappa shape index (κ2) is 9.82. The first-order chi connectivity index (χ1) is 18.1. The summed E-state index contributed by atoms with van der Waals surface area (Å²) in [7, 11) is 0. The van der Waals surface area contributed by atoms with Crippen LogP contribution in [0.25, 0.3) is 0 Å². The zero-order valence-corrected chi connectivity index (χ0v) is 20.8. The van der Waals surface area contributed by atoms with Crippen LogP contribution in [0, 0.1) is 5.82 Å². The highest BCUT2D eigenvalue weighted by Gasteiger charge is 2.42. The number of thioether (sulfide) groups is 1. The van der Waals surface area contributed by atoms with Gasteiger partial charge in [0.1, 0.15) is 11.7 Å². The molecule has 0 radical (unpaired) electrons. The molecule has 0 aliphatic carbocycles. The number of piperazine rings is 1. The van der Waals surface area contributed by atoms with Crippen molar-refractivity contribution in [2.24, 2.45) is 9.98 Å². The lowest BCUT2D eigenvalue weighted by Gasteiger charge is -2.36. The number of para-hydroxylation sites is 1. The maximum absolute atomic E-state index is 13.5. The molecule has 3 aliphatic rings. The number of rotatable bonds is 4. The van der Waals surface area contributed by atoms with Gasteiger partial charge < -0.3 is 9.80 Å². The molecule has 0 N–H and O–H groups in total. The number of hydrogen-bond donors (Lipinski definition) is 0. The van der Waals surface area contributed by atoms with Crippen LogP contribution in [0.2, 0.25) is 0 Å². The van der Waals surface area contributed by atoms with E-state index in [1.54, 1.807) is 17.0 Å². The van der Waals surface area contributed by atoms with Crippen LogP contribution in [-0.4, -0.2) is 64.5 Å². The number of fused-ring (bicyclic) bond motifs is 3. The summed E-state index contributed by atoms with van der Waals surface area (Å²) in [5.74, 6) is 0.317. The van der Waals surface area contributed by atoms with Gasteiger partial charge in [-0.3, -0.25) is 9.59 Å². The summed E-state index contributed by atoms with van der Waals surface area (Å²) < 4.78 is 13.2. The summed E-state index contributed by atoms with van der Waals surface area (Å²) >= 11 is 1.27. The summed E-state index contributed by atoms with van der Waals surface area (Å²) in [5.41, 5.74) is 3.32. The van der Waals surface area contributed by atoms with Crippen molar-refractivity contribution in [1.29, 1.82) is 0 Å². The molecule has 3 heterocycles. The number of carbonyl (C=O) groups is 2. The third-order valence-corrected chi connectivity index (χ3v) is 7.66. The Bertz CT molecular complexity index is 1400. The van der Waals surface area contributed by atoms with Crippen LogP contribution in [0.15, 0.2) is 88.8 Å². The molecule has 1 atom stereocenters. The van der Waals surface area contributed by atoms with Gasteiger partial charge in [0, 0.05) is 37.4 Å². The van der Waals surface area contributed by atoms with E-state index in [0.717, 1.165) is 22.5 Å². The van der Waals surface area contributed by atoms with Gasteiger partial charge in [-0.1, -0.05) is 54.2 Å². The van der Waals surface area contributed by atoms with Crippen molar-refractivity contribution in [3.8, 4) is 0 Å². The molecule has 37 heavy (non-hydrogen) atoms. The minimum Gasteiger partial charge on any atom is -0.368 e. The summed E-state index contributed by atoms with van der Waals surface area (Å²) in [4.78, 5) is 41.6. The van der Waals surface area contributed by atoms with E-state index in [0.29, 0.717) is 37.2 Å². The van der Waals surface area contributed by atoms with Gasteiger partial charge in [-0.15, -0.1) is 0 Å². The largest absolute Gasteiger partial charge is 0.368 e. The van der Waals surface area contributed by atoms with E-state index in [1.165, 1.54) is 23.9 Å². The van der Waals surface area contributed by atoms with Crippen molar-refractivity contribution < 1.29 is 14.0 Å². The fraction of sp³-hybridized carbons (Fsp3) is 0.214. The molecule has 6 rings (SSSR count). The molecule has 0 bridgehead atoms. The number of benzene rings is 3. The van der Waals surface area contributed by atoms with E-state index in [1.807, 2.05) is 59.5 Å². The molecule has 3 aliphatic heterocycles. The third kappa shape index (κ3) is 4.51. The van der Waals surface area contributed by atoms with Gasteiger partial charge in [-0.25, -0.2) is 19.3 Å². The Morgan fingerprint density at radius 2 is 1.62 bits per heavy atom. The molecule has 1 saturated heterocycles. The zero-order valence-electron chi connectivity index (χ0n) is 20.0. The van der Waals surface area contributed by atoms with Crippen molar-refractivity contribution in [3.05, 3.63) is 95.8 Å². The molecule has 2 amide bonds. The Balaban J connectivity index is 1.16. The normalized spacial score (nSPS) is 18.8. The van der Waals surface area contributed by atoms with Crippen LogP contribution in [0.5, 0.6) is 0 Å². The number of anilines is 1. The number of amides is 2. The first-order valence-electron chi connectivity index (χ1n) is 12.1. The molecule has 1 unspecified atom stereocenters. The van der Waals surface area contributed by atoms with E-state index in [2.05, 4.69) is 4.90 Å². The van der Waals surface area contributed by atoms with Crippen LogP contribution in [0.3, 0.4) is 0 Å². The first-order valence-corrected chi connectivity index (χ1v) is 13.1. The molecule has 3 aromatic carbocycles. The Kier molecular flexibility index (Phi) is 6.21. The Labute approximate surface area is 218 Å². The predicted molar refractivity (Wildman–Crippen MR) is 144 cm³/mol. The van der Waals surface area contributed by atoms with Gasteiger partial charge in [0.15, 0.2) is 11.2 Å². The summed E-state index contributed by atoms with van der Waals surface area (Å²) in [6, 6.07) is 22.9. The molecule has 3 aromatic rings. The standard InChI is InChI=1S/C28H24FN5O2S/c29-20-10-12-21(13-11-20)32-14-16-33(17-15-32)24(35)18-37-28-30-23-9-5-4-8-22(23)26-31-25(27(36)34(26)28)19-6-2-1-3-7-19/h1-13,25H,14-18H2. The van der Waals surface area contributed by atoms with Gasteiger partial charge in [0.05, 0.1) is 11.4 Å². The molecule has 186 valence electrons. The molecule has 0 saturated carbocycles. The lowest BCUT2D eigenvalue weighted by Crippen LogP contribution is -2.49. The van der Waals surface area contributed by atoms with Crippen molar-refractivity contribution in [3.63, 3.8) is 0 Å². The molecule has 7 nitrogen and oxygen atoms in total. The second-order valence-corrected chi connectivity index (χ2v) is 9.93. The van der Waals surface area contributed by atoms with E-state index in [4.69, 9.17) is 9.98 Å². The first kappa shape index (κ1) is 23.4. The van der Waals surface area contributed by atoms with Crippen molar-refractivity contribution in [1.82, 2.24) is 9.80 Å². The van der Waals surface area contributed by atoms with Crippen LogP contribution in [-0.2, 0) is 9.59 Å². The second-order valence-electron chi connectivity index (χ2n) is 8.98. The summed E-state index contributed by atoms with van der Waals surface area (Å²) in [6.07, 6.45) is 0. The van der Waals surface area contributed by atoms with Crippen LogP contribution >= 0.6 is 11.8 Å². The van der Waals surface area contributed by atoms with Crippen molar-refractivity contribution >= 4 is 46.0 Å². The highest BCUT2D eigenvalue weighted by atomic mass is 32.2. The SMILES string of the molecule is O=C(CSC1=Nc2ccccc2C2=NC(c3ccccc3)C(=O)N12)N1CCN(c2ccc(F)cc2)CC1. The topological polar surface area (TPSA) is 68.6 Å². The van der Waals surface area contributed by atoms with Gasteiger partial charge in [-0.05, 0) is 42.0 Å². The number of aliphatic imine (C=N–C) groups is 2. The quantitative estimate of drug-likeness (QED) is 0.524. The smallest absolute Gasteiger partial charge is 0.263 e. The lowest BCUT2D eigenvalue weighted by molar-refractivity contribution is -0.128. The van der Waals surface area contributed by atoms with E-state index < -0.39 is 6.04 Å². The molecular weight excluding hydrogens is 489 g/mol. The maximum atomic E-state index is 13.5. The molecule has 0 aromatic heterocycles. The number of hydrogen-bond acceptors (Lipinski definition) is 6. The van der Waals surface area contributed by atoms with E-state index in [9.17, 15) is 14.0 Å². The molecule has 9 heteroatoms. The fourth-order valence-electron chi connectivity index (χ4n) is 4.78. The highest BCUT2D eigenvalue weighted by Crippen LogP contribution is 2.37. The Morgan fingerprint density at radius 3 is 2.38 bits per heavy atom. The number of nitrogens with zero attached hydrogens (tertiary/aromatic N) is 5. The minimum absolute atomic E-state index is 0.00458. The fourth-order valence-corrected chi connectivity index (χ4v) is 5.69. The third-order valence-electron chi connectivity index (χ3n) is 6.73. The maximum Gasteiger partial charge on any atom is 0.263 e. The minimum atomic E-state index is -0.636. The van der Waals surface area contributed by atoms with Crippen LogP contribution in [0.4, 0.5) is 15.8 Å². The summed E-state index contributed by atoms with van der Waals surface area (Å²) in [6.45, 7) is 2.52. The van der Waals surface area contributed by atoms with Gasteiger partial charge >= 0.3 is 0 Å². The molecule has 0 spiro atoms. The molecule has 1 fully saturated rings. The van der Waals surface area contributed by atoms with Gasteiger partial charge in [0.25, 0.3) is 5.91 Å². The Morgan fingerprint density at radius 1 is 0.919 bits per heavy atom. The van der Waals surface area contributed by atoms with E-state index >= 15 is 0 Å². The predicted octanol–water partition coefficient (Wildman–Crippen LogP) is 4.24. The zero-order chi connectivity index (χ0) is 25.4. The van der Waals surface area contributed by atoms with Gasteiger partial charge in [-0.2, -0.15) is 0 Å². The van der Waals surface area contributed by atoms with Crippen molar-refractivity contribution in [2.45, 2.75) is 6.04 Å². The average molecular weight is 514 g/mol. The summed E-state index contributed by atoms with van der Waals surface area (Å²) in [5, 5.41) is 0.471.